The average molecular weight is 279 g/mol. The second kappa shape index (κ2) is 4.06. The molecule has 0 spiro atoms. The zero-order valence-corrected chi connectivity index (χ0v) is 13.0. The van der Waals surface area contributed by atoms with E-state index < -0.39 is 12.1 Å². The summed E-state index contributed by atoms with van der Waals surface area (Å²) in [6, 6.07) is -0.736. The van der Waals surface area contributed by atoms with Crippen molar-refractivity contribution in [3.8, 4) is 0 Å². The molecule has 3 aliphatic rings. The third-order valence-electron chi connectivity index (χ3n) is 6.27. The van der Waals surface area contributed by atoms with Crippen molar-refractivity contribution >= 4 is 11.7 Å². The number of hydrogen-bond donors (Lipinski definition) is 1. The van der Waals surface area contributed by atoms with Gasteiger partial charge in [-0.05, 0) is 24.2 Å². The van der Waals surface area contributed by atoms with Crippen LogP contribution in [0, 0.1) is 22.7 Å². The Morgan fingerprint density at radius 2 is 2.00 bits per heavy atom. The Balaban J connectivity index is 2.01. The van der Waals surface area contributed by atoms with Gasteiger partial charge in [-0.1, -0.05) is 34.6 Å². The van der Waals surface area contributed by atoms with Gasteiger partial charge in [-0.3, -0.25) is 4.99 Å². The van der Waals surface area contributed by atoms with Crippen LogP contribution in [0.2, 0.25) is 0 Å². The average Bonchev–Trinajstić information content (AvgIpc) is 2.68. The van der Waals surface area contributed by atoms with Gasteiger partial charge in [0.1, 0.15) is 6.10 Å². The molecule has 4 heteroatoms. The number of carbonyl (C=O) groups is 1. The SMILES string of the molecule is CC(C)[C@@H](O)C1N=C2C3CCC(C)([C@@H]2OC1=O)C3(C)C. The highest BCUT2D eigenvalue weighted by Crippen LogP contribution is 2.65. The van der Waals surface area contributed by atoms with E-state index in [2.05, 4.69) is 25.8 Å². The molecule has 1 heterocycles. The van der Waals surface area contributed by atoms with E-state index in [0.29, 0.717) is 5.92 Å². The largest absolute Gasteiger partial charge is 0.454 e. The maximum Gasteiger partial charge on any atom is 0.334 e. The molecule has 0 saturated heterocycles. The molecule has 2 aliphatic carbocycles. The summed E-state index contributed by atoms with van der Waals surface area (Å²) in [5.41, 5.74) is 1.11. The molecular weight excluding hydrogens is 254 g/mol. The van der Waals surface area contributed by atoms with Gasteiger partial charge < -0.3 is 9.84 Å². The molecule has 3 unspecified atom stereocenters. The van der Waals surface area contributed by atoms with Gasteiger partial charge in [-0.15, -0.1) is 0 Å². The molecule has 0 radical (unpaired) electrons. The van der Waals surface area contributed by atoms with Crippen molar-refractivity contribution in [3.63, 3.8) is 0 Å². The Hall–Kier alpha value is -0.900. The van der Waals surface area contributed by atoms with E-state index in [-0.39, 0.29) is 28.8 Å². The fourth-order valence-electron chi connectivity index (χ4n) is 4.35. The van der Waals surface area contributed by atoms with Crippen molar-refractivity contribution in [1.29, 1.82) is 0 Å². The van der Waals surface area contributed by atoms with Gasteiger partial charge in [0.25, 0.3) is 0 Å². The highest BCUT2D eigenvalue weighted by molar-refractivity contribution is 6.01. The number of hydrogen-bond acceptors (Lipinski definition) is 4. The van der Waals surface area contributed by atoms with Gasteiger partial charge in [0.15, 0.2) is 6.04 Å². The molecule has 0 aromatic carbocycles. The summed E-state index contributed by atoms with van der Waals surface area (Å²) in [6.07, 6.45) is 1.25. The van der Waals surface area contributed by atoms with E-state index in [1.54, 1.807) is 0 Å². The lowest BCUT2D eigenvalue weighted by Crippen LogP contribution is -2.50. The molecule has 0 aromatic heterocycles. The number of aliphatic hydroxyl groups is 1. The molecule has 3 rings (SSSR count). The maximum absolute atomic E-state index is 12.2. The van der Waals surface area contributed by atoms with E-state index in [9.17, 15) is 9.90 Å². The summed E-state index contributed by atoms with van der Waals surface area (Å²) < 4.78 is 5.74. The van der Waals surface area contributed by atoms with Crippen LogP contribution in [0.4, 0.5) is 0 Å². The van der Waals surface area contributed by atoms with E-state index in [1.807, 2.05) is 13.8 Å². The first-order valence-corrected chi connectivity index (χ1v) is 7.66. The van der Waals surface area contributed by atoms with Gasteiger partial charge in [-0.25, -0.2) is 4.79 Å². The summed E-state index contributed by atoms with van der Waals surface area (Å²) in [6.45, 7) is 10.5. The Bertz CT molecular complexity index is 482. The minimum absolute atomic E-state index is 0.00404. The van der Waals surface area contributed by atoms with Crippen LogP contribution in [-0.4, -0.2) is 35.0 Å². The van der Waals surface area contributed by atoms with Crippen molar-refractivity contribution in [2.45, 2.75) is 65.7 Å². The molecule has 5 atom stereocenters. The molecule has 2 fully saturated rings. The van der Waals surface area contributed by atoms with Crippen LogP contribution >= 0.6 is 0 Å². The highest BCUT2D eigenvalue weighted by Gasteiger charge is 2.67. The Labute approximate surface area is 120 Å². The van der Waals surface area contributed by atoms with Crippen LogP contribution in [-0.2, 0) is 9.53 Å². The van der Waals surface area contributed by atoms with Gasteiger partial charge in [0.05, 0.1) is 11.8 Å². The highest BCUT2D eigenvalue weighted by atomic mass is 16.6. The van der Waals surface area contributed by atoms with Crippen LogP contribution in [0.3, 0.4) is 0 Å². The van der Waals surface area contributed by atoms with E-state index in [0.717, 1.165) is 18.6 Å². The molecule has 1 N–H and O–H groups in total. The minimum atomic E-state index is -0.758. The molecular formula is C16H25NO3. The molecule has 20 heavy (non-hydrogen) atoms. The van der Waals surface area contributed by atoms with Crippen LogP contribution in [0.1, 0.15) is 47.5 Å². The normalized spacial score (nSPS) is 43.2. The van der Waals surface area contributed by atoms with Crippen molar-refractivity contribution in [3.05, 3.63) is 0 Å². The van der Waals surface area contributed by atoms with Crippen molar-refractivity contribution in [2.75, 3.05) is 0 Å². The van der Waals surface area contributed by atoms with Gasteiger partial charge in [-0.2, -0.15) is 0 Å². The quantitative estimate of drug-likeness (QED) is 0.788. The number of aliphatic hydroxyl groups excluding tert-OH is 1. The first kappa shape index (κ1) is 14.1. The predicted octanol–water partition coefficient (Wildman–Crippen LogP) is 2.19. The zero-order chi connectivity index (χ0) is 14.9. The molecule has 4 nitrogen and oxygen atoms in total. The number of rotatable bonds is 2. The zero-order valence-electron chi connectivity index (χ0n) is 13.0. The number of nitrogens with zero attached hydrogens (tertiary/aromatic N) is 1. The first-order valence-electron chi connectivity index (χ1n) is 7.66. The van der Waals surface area contributed by atoms with Gasteiger partial charge >= 0.3 is 5.97 Å². The van der Waals surface area contributed by atoms with Crippen LogP contribution < -0.4 is 0 Å². The molecule has 1 aliphatic heterocycles. The fourth-order valence-corrected chi connectivity index (χ4v) is 4.35. The number of fused-ring (bicyclic) bond motifs is 5. The van der Waals surface area contributed by atoms with Crippen LogP contribution in [0.15, 0.2) is 4.99 Å². The Kier molecular flexibility index (Phi) is 2.85. The lowest BCUT2D eigenvalue weighted by atomic mass is 9.70. The topological polar surface area (TPSA) is 58.9 Å². The summed E-state index contributed by atoms with van der Waals surface area (Å²) in [5.74, 6) is 0.0209. The third kappa shape index (κ3) is 1.51. The number of aliphatic imine (C=N–C) groups is 1. The van der Waals surface area contributed by atoms with Crippen molar-refractivity contribution in [1.82, 2.24) is 0 Å². The predicted molar refractivity (Wildman–Crippen MR) is 76.6 cm³/mol. The molecule has 2 saturated carbocycles. The van der Waals surface area contributed by atoms with E-state index in [1.165, 1.54) is 0 Å². The van der Waals surface area contributed by atoms with Gasteiger partial charge in [0.2, 0.25) is 0 Å². The summed E-state index contributed by atoms with van der Waals surface area (Å²) >= 11 is 0. The second-order valence-corrected chi connectivity index (χ2v) is 7.78. The monoisotopic (exact) mass is 279 g/mol. The number of carbonyl (C=O) groups excluding carboxylic acids is 1. The molecule has 2 bridgehead atoms. The Morgan fingerprint density at radius 3 is 2.60 bits per heavy atom. The van der Waals surface area contributed by atoms with Crippen LogP contribution in [0.5, 0.6) is 0 Å². The summed E-state index contributed by atoms with van der Waals surface area (Å²) in [4.78, 5) is 16.9. The van der Waals surface area contributed by atoms with Crippen molar-refractivity contribution in [2.24, 2.45) is 27.7 Å². The van der Waals surface area contributed by atoms with Crippen molar-refractivity contribution < 1.29 is 14.6 Å². The second-order valence-electron chi connectivity index (χ2n) is 7.78. The molecule has 0 aromatic rings. The standard InChI is InChI=1S/C16H25NO3/c1-8(2)12(18)11-14(19)20-13-10(17-11)9-6-7-16(13,5)15(9,3)4/h8-9,11-13,18H,6-7H2,1-5H3/t9?,11?,12-,13-,16?/m1/s1. The van der Waals surface area contributed by atoms with E-state index in [4.69, 9.17) is 4.74 Å². The lowest BCUT2D eigenvalue weighted by molar-refractivity contribution is -0.159. The first-order chi connectivity index (χ1) is 9.20. The summed E-state index contributed by atoms with van der Waals surface area (Å²) in [5, 5.41) is 10.2. The smallest absolute Gasteiger partial charge is 0.334 e. The fraction of sp³-hybridized carbons (Fsp3) is 0.875. The van der Waals surface area contributed by atoms with Gasteiger partial charge in [0, 0.05) is 11.3 Å². The van der Waals surface area contributed by atoms with E-state index >= 15 is 0 Å². The Morgan fingerprint density at radius 1 is 1.35 bits per heavy atom. The lowest BCUT2D eigenvalue weighted by Gasteiger charge is -2.40. The summed E-state index contributed by atoms with van der Waals surface area (Å²) in [7, 11) is 0. The third-order valence-corrected chi connectivity index (χ3v) is 6.27. The maximum atomic E-state index is 12.2. The molecule has 112 valence electrons. The number of esters is 1. The minimum Gasteiger partial charge on any atom is -0.454 e. The number of ether oxygens (including phenoxy) is 1. The molecule has 0 amide bonds. The van der Waals surface area contributed by atoms with Crippen LogP contribution in [0.25, 0.3) is 0 Å².